The highest BCUT2D eigenvalue weighted by Crippen LogP contribution is 2.25. The van der Waals surface area contributed by atoms with Gasteiger partial charge in [0.2, 0.25) is 5.91 Å². The maximum Gasteiger partial charge on any atom is 0.219 e. The largest absolute Gasteiger partial charge is 0.368 e. The Morgan fingerprint density at radius 2 is 1.88 bits per heavy atom. The van der Waals surface area contributed by atoms with E-state index in [1.165, 1.54) is 11.3 Å². The first-order valence-corrected chi connectivity index (χ1v) is 6.22. The monoisotopic (exact) mass is 252 g/mol. The lowest BCUT2D eigenvalue weighted by Crippen LogP contribution is -2.48. The normalized spacial score (nSPS) is 16.2. The fourth-order valence-corrected chi connectivity index (χ4v) is 2.35. The van der Waals surface area contributed by atoms with Crippen LogP contribution in [-0.2, 0) is 4.79 Å². The minimum Gasteiger partial charge on any atom is -0.368 e. The number of carbonyl (C=O) groups excluding carboxylic acids is 1. The van der Waals surface area contributed by atoms with Gasteiger partial charge in [0.05, 0.1) is 0 Å². The zero-order chi connectivity index (χ0) is 12.4. The van der Waals surface area contributed by atoms with Gasteiger partial charge in [-0.25, -0.2) is 0 Å². The molecule has 3 nitrogen and oxygen atoms in total. The molecule has 1 amide bonds. The van der Waals surface area contributed by atoms with Crippen LogP contribution in [0.1, 0.15) is 12.5 Å². The first-order chi connectivity index (χ1) is 8.08. The van der Waals surface area contributed by atoms with Gasteiger partial charge in [-0.15, -0.1) is 0 Å². The third-order valence-electron chi connectivity index (χ3n) is 3.24. The lowest BCUT2D eigenvalue weighted by atomic mass is 10.1. The Bertz CT molecular complexity index is 425. The highest BCUT2D eigenvalue weighted by Gasteiger charge is 2.19. The standard InChI is InChI=1S/C13H17ClN2O/c1-10-3-4-12(14)9-13(10)16-7-5-15(6-8-16)11(2)17/h3-4,9H,5-8H2,1-2H3. The third kappa shape index (κ3) is 2.72. The van der Waals surface area contributed by atoms with Gasteiger partial charge in [-0.1, -0.05) is 17.7 Å². The van der Waals surface area contributed by atoms with Gasteiger partial charge in [-0.3, -0.25) is 4.79 Å². The van der Waals surface area contributed by atoms with Gasteiger partial charge in [0.15, 0.2) is 0 Å². The molecule has 92 valence electrons. The van der Waals surface area contributed by atoms with Crippen LogP contribution in [0.2, 0.25) is 5.02 Å². The maximum atomic E-state index is 11.2. The van der Waals surface area contributed by atoms with Crippen LogP contribution in [0.15, 0.2) is 18.2 Å². The van der Waals surface area contributed by atoms with Crippen LogP contribution in [0.5, 0.6) is 0 Å². The predicted octanol–water partition coefficient (Wildman–Crippen LogP) is 2.32. The number of amides is 1. The third-order valence-corrected chi connectivity index (χ3v) is 3.47. The molecule has 0 N–H and O–H groups in total. The fraction of sp³-hybridized carbons (Fsp3) is 0.462. The van der Waals surface area contributed by atoms with E-state index < -0.39 is 0 Å². The van der Waals surface area contributed by atoms with Crippen molar-refractivity contribution in [2.24, 2.45) is 0 Å². The molecule has 0 saturated carbocycles. The number of nitrogens with zero attached hydrogens (tertiary/aromatic N) is 2. The maximum absolute atomic E-state index is 11.2. The first-order valence-electron chi connectivity index (χ1n) is 5.84. The molecule has 0 atom stereocenters. The number of piperazine rings is 1. The number of hydrogen-bond acceptors (Lipinski definition) is 2. The van der Waals surface area contributed by atoms with E-state index in [0.29, 0.717) is 0 Å². The Hall–Kier alpha value is -1.22. The average molecular weight is 253 g/mol. The number of aryl methyl sites for hydroxylation is 1. The highest BCUT2D eigenvalue weighted by atomic mass is 35.5. The molecule has 0 bridgehead atoms. The van der Waals surface area contributed by atoms with Crippen LogP contribution >= 0.6 is 11.6 Å². The van der Waals surface area contributed by atoms with E-state index in [1.54, 1.807) is 6.92 Å². The van der Waals surface area contributed by atoms with E-state index in [-0.39, 0.29) is 5.91 Å². The molecular weight excluding hydrogens is 236 g/mol. The molecule has 0 spiro atoms. The summed E-state index contributed by atoms with van der Waals surface area (Å²) in [5.41, 5.74) is 2.41. The molecule has 1 aromatic carbocycles. The van der Waals surface area contributed by atoms with Gasteiger partial charge in [0, 0.05) is 43.8 Å². The number of benzene rings is 1. The SMILES string of the molecule is CC(=O)N1CCN(c2cc(Cl)ccc2C)CC1. The zero-order valence-electron chi connectivity index (χ0n) is 10.2. The molecule has 1 fully saturated rings. The quantitative estimate of drug-likeness (QED) is 0.766. The number of hydrogen-bond donors (Lipinski definition) is 0. The average Bonchev–Trinajstić information content (AvgIpc) is 2.32. The van der Waals surface area contributed by atoms with E-state index in [0.717, 1.165) is 31.2 Å². The fourth-order valence-electron chi connectivity index (χ4n) is 2.19. The Morgan fingerprint density at radius 1 is 1.24 bits per heavy atom. The molecule has 0 aliphatic carbocycles. The van der Waals surface area contributed by atoms with Crippen LogP contribution in [0, 0.1) is 6.92 Å². The van der Waals surface area contributed by atoms with Gasteiger partial charge in [0.25, 0.3) is 0 Å². The summed E-state index contributed by atoms with van der Waals surface area (Å²) in [5.74, 6) is 0.160. The summed E-state index contributed by atoms with van der Waals surface area (Å²) in [4.78, 5) is 15.4. The second kappa shape index (κ2) is 4.96. The van der Waals surface area contributed by atoms with E-state index in [4.69, 9.17) is 11.6 Å². The van der Waals surface area contributed by atoms with Crippen molar-refractivity contribution in [2.75, 3.05) is 31.1 Å². The molecule has 0 aromatic heterocycles. The summed E-state index contributed by atoms with van der Waals surface area (Å²) in [7, 11) is 0. The van der Waals surface area contributed by atoms with E-state index in [9.17, 15) is 4.79 Å². The molecule has 17 heavy (non-hydrogen) atoms. The summed E-state index contributed by atoms with van der Waals surface area (Å²) in [6, 6.07) is 5.95. The van der Waals surface area contributed by atoms with Crippen LogP contribution in [0.4, 0.5) is 5.69 Å². The van der Waals surface area contributed by atoms with Gasteiger partial charge in [0.1, 0.15) is 0 Å². The van der Waals surface area contributed by atoms with E-state index in [1.807, 2.05) is 23.1 Å². The second-order valence-corrected chi connectivity index (χ2v) is 4.86. The summed E-state index contributed by atoms with van der Waals surface area (Å²) < 4.78 is 0. The van der Waals surface area contributed by atoms with Crippen molar-refractivity contribution in [2.45, 2.75) is 13.8 Å². The van der Waals surface area contributed by atoms with Crippen LogP contribution in [0.25, 0.3) is 0 Å². The van der Waals surface area contributed by atoms with Crippen molar-refractivity contribution < 1.29 is 4.79 Å². The molecule has 2 rings (SSSR count). The Morgan fingerprint density at radius 3 is 2.47 bits per heavy atom. The van der Waals surface area contributed by atoms with Gasteiger partial charge in [-0.05, 0) is 24.6 Å². The lowest BCUT2D eigenvalue weighted by molar-refractivity contribution is -0.129. The summed E-state index contributed by atoms with van der Waals surface area (Å²) in [5, 5.41) is 0.764. The molecule has 0 radical (unpaired) electrons. The van der Waals surface area contributed by atoms with Crippen molar-refractivity contribution in [3.63, 3.8) is 0 Å². The zero-order valence-corrected chi connectivity index (χ0v) is 11.0. The Balaban J connectivity index is 2.10. The predicted molar refractivity (Wildman–Crippen MR) is 70.7 cm³/mol. The Labute approximate surface area is 107 Å². The molecule has 0 unspecified atom stereocenters. The van der Waals surface area contributed by atoms with Gasteiger partial charge in [-0.2, -0.15) is 0 Å². The topological polar surface area (TPSA) is 23.6 Å². The van der Waals surface area contributed by atoms with Gasteiger partial charge < -0.3 is 9.80 Å². The number of carbonyl (C=O) groups is 1. The molecule has 1 aliphatic heterocycles. The Kier molecular flexibility index (Phi) is 3.57. The molecular formula is C13H17ClN2O. The molecule has 1 aromatic rings. The number of halogens is 1. The summed E-state index contributed by atoms with van der Waals surface area (Å²) in [6.45, 7) is 7.05. The minimum absolute atomic E-state index is 0.160. The highest BCUT2D eigenvalue weighted by molar-refractivity contribution is 6.30. The summed E-state index contributed by atoms with van der Waals surface area (Å²) in [6.07, 6.45) is 0. The minimum atomic E-state index is 0.160. The van der Waals surface area contributed by atoms with Crippen LogP contribution < -0.4 is 4.90 Å². The summed E-state index contributed by atoms with van der Waals surface area (Å²) >= 11 is 6.02. The van der Waals surface area contributed by atoms with Gasteiger partial charge >= 0.3 is 0 Å². The van der Waals surface area contributed by atoms with Crippen LogP contribution in [-0.4, -0.2) is 37.0 Å². The van der Waals surface area contributed by atoms with Crippen molar-refractivity contribution in [3.8, 4) is 0 Å². The molecule has 1 aliphatic rings. The van der Waals surface area contributed by atoms with Crippen LogP contribution in [0.3, 0.4) is 0 Å². The molecule has 4 heteroatoms. The second-order valence-electron chi connectivity index (χ2n) is 4.42. The number of anilines is 1. The number of rotatable bonds is 1. The van der Waals surface area contributed by atoms with Crippen molar-refractivity contribution in [3.05, 3.63) is 28.8 Å². The first kappa shape index (κ1) is 12.2. The van der Waals surface area contributed by atoms with Crippen molar-refractivity contribution >= 4 is 23.2 Å². The molecule has 1 heterocycles. The lowest BCUT2D eigenvalue weighted by Gasteiger charge is -2.36. The van der Waals surface area contributed by atoms with Crippen molar-refractivity contribution in [1.29, 1.82) is 0 Å². The van der Waals surface area contributed by atoms with E-state index in [2.05, 4.69) is 11.8 Å². The van der Waals surface area contributed by atoms with E-state index >= 15 is 0 Å². The molecule has 1 saturated heterocycles. The van der Waals surface area contributed by atoms with Crippen molar-refractivity contribution in [1.82, 2.24) is 4.90 Å². The smallest absolute Gasteiger partial charge is 0.219 e.